The number of ether oxygens (including phenoxy) is 4. The van der Waals surface area contributed by atoms with Gasteiger partial charge in [0.15, 0.2) is 23.0 Å². The Morgan fingerprint density at radius 1 is 0.974 bits per heavy atom. The lowest BCUT2D eigenvalue weighted by Crippen LogP contribution is -2.32. The zero-order chi connectivity index (χ0) is 29.3. The van der Waals surface area contributed by atoms with Crippen molar-refractivity contribution in [3.63, 3.8) is 0 Å². The van der Waals surface area contributed by atoms with Gasteiger partial charge in [-0.05, 0) is 74.0 Å². The van der Waals surface area contributed by atoms with Crippen molar-refractivity contribution >= 4 is 5.97 Å². The molecule has 8 nitrogen and oxygen atoms in total. The Hall–Kier alpha value is -3.44. The number of likely N-dealkylation sites (N-methyl/N-ethyl adjacent to an activating group) is 1. The van der Waals surface area contributed by atoms with E-state index in [-0.39, 0.29) is 17.4 Å². The van der Waals surface area contributed by atoms with Gasteiger partial charge in [-0.15, -0.1) is 0 Å². The predicted octanol–water partition coefficient (Wildman–Crippen LogP) is 5.91. The number of carbonyl (C=O) groups is 1. The summed E-state index contributed by atoms with van der Waals surface area (Å²) in [6.45, 7) is 9.61. The molecule has 0 radical (unpaired) electrons. The van der Waals surface area contributed by atoms with Crippen molar-refractivity contribution in [1.82, 2.24) is 4.90 Å². The highest BCUT2D eigenvalue weighted by atomic mass is 16.5. The van der Waals surface area contributed by atoms with Crippen molar-refractivity contribution < 1.29 is 28.8 Å². The van der Waals surface area contributed by atoms with E-state index in [2.05, 4.69) is 24.8 Å². The zero-order valence-electron chi connectivity index (χ0n) is 24.9. The molecule has 1 unspecified atom stereocenters. The molecule has 8 heteroatoms. The molecule has 2 rings (SSSR count). The third kappa shape index (κ3) is 6.96. The van der Waals surface area contributed by atoms with Crippen LogP contribution in [0.25, 0.3) is 0 Å². The minimum absolute atomic E-state index is 0.0530. The van der Waals surface area contributed by atoms with E-state index in [0.717, 1.165) is 29.7 Å². The summed E-state index contributed by atoms with van der Waals surface area (Å²) in [6, 6.07) is 9.87. The highest BCUT2D eigenvalue weighted by Gasteiger charge is 2.36. The molecule has 0 fully saturated rings. The minimum Gasteiger partial charge on any atom is -0.493 e. The van der Waals surface area contributed by atoms with Gasteiger partial charge in [0, 0.05) is 12.1 Å². The van der Waals surface area contributed by atoms with E-state index >= 15 is 0 Å². The first-order valence-electron chi connectivity index (χ1n) is 13.3. The predicted molar refractivity (Wildman–Crippen MR) is 153 cm³/mol. The monoisotopic (exact) mass is 540 g/mol. The van der Waals surface area contributed by atoms with E-state index in [9.17, 15) is 15.2 Å². The number of hydrogen-bond acceptors (Lipinski definition) is 7. The molecular formula is C31H44N2O6. The maximum absolute atomic E-state index is 12.2. The van der Waals surface area contributed by atoms with Crippen molar-refractivity contribution in [2.45, 2.75) is 58.3 Å². The second kappa shape index (κ2) is 14.1. The molecule has 0 aliphatic heterocycles. The molecule has 0 aliphatic carbocycles. The fourth-order valence-corrected chi connectivity index (χ4v) is 5.30. The molecule has 0 bridgehead atoms. The van der Waals surface area contributed by atoms with Crippen molar-refractivity contribution in [1.29, 1.82) is 5.26 Å². The molecule has 214 valence electrons. The van der Waals surface area contributed by atoms with Gasteiger partial charge in [0.05, 0.1) is 45.5 Å². The second-order valence-electron chi connectivity index (χ2n) is 10.5. The van der Waals surface area contributed by atoms with Crippen LogP contribution in [0.15, 0.2) is 24.3 Å². The Balaban J connectivity index is 2.24. The van der Waals surface area contributed by atoms with Gasteiger partial charge in [-0.3, -0.25) is 0 Å². The molecule has 1 N–H and O–H groups in total. The van der Waals surface area contributed by atoms with E-state index in [4.69, 9.17) is 18.9 Å². The van der Waals surface area contributed by atoms with Gasteiger partial charge in [0.25, 0.3) is 0 Å². The average Bonchev–Trinajstić information content (AvgIpc) is 2.92. The first-order chi connectivity index (χ1) is 18.5. The SMILES string of the molecule is COc1ccc(C(C#N)(CCCN(C)CCc2c(C(=O)O)cc(OC)c(OC)c2C(C)C)C(C)C)cc1OC. The Morgan fingerprint density at radius 3 is 2.10 bits per heavy atom. The molecule has 0 spiro atoms. The molecule has 2 aromatic rings. The lowest BCUT2D eigenvalue weighted by molar-refractivity contribution is 0.0694. The number of aromatic carboxylic acids is 1. The Morgan fingerprint density at radius 2 is 1.62 bits per heavy atom. The smallest absolute Gasteiger partial charge is 0.336 e. The van der Waals surface area contributed by atoms with Crippen LogP contribution in [-0.2, 0) is 11.8 Å². The number of nitriles is 1. The van der Waals surface area contributed by atoms with Crippen LogP contribution < -0.4 is 18.9 Å². The van der Waals surface area contributed by atoms with E-state index in [1.165, 1.54) is 7.11 Å². The summed E-state index contributed by atoms with van der Waals surface area (Å²) in [5.41, 5.74) is 2.10. The quantitative estimate of drug-likeness (QED) is 0.297. The molecule has 39 heavy (non-hydrogen) atoms. The zero-order valence-corrected chi connectivity index (χ0v) is 24.9. The fraction of sp³-hybridized carbons (Fsp3) is 0.548. The summed E-state index contributed by atoms with van der Waals surface area (Å²) in [4.78, 5) is 14.3. The maximum atomic E-state index is 12.2. The van der Waals surface area contributed by atoms with Crippen LogP contribution >= 0.6 is 0 Å². The molecule has 0 saturated carbocycles. The van der Waals surface area contributed by atoms with Crippen molar-refractivity contribution in [3.05, 3.63) is 46.5 Å². The third-order valence-corrected chi connectivity index (χ3v) is 7.56. The van der Waals surface area contributed by atoms with Gasteiger partial charge in [-0.1, -0.05) is 33.8 Å². The number of benzene rings is 2. The van der Waals surface area contributed by atoms with Gasteiger partial charge in [-0.25, -0.2) is 4.79 Å². The topological polar surface area (TPSA) is 101 Å². The number of methoxy groups -OCH3 is 4. The summed E-state index contributed by atoms with van der Waals surface area (Å²) >= 11 is 0. The van der Waals surface area contributed by atoms with Gasteiger partial charge in [0.2, 0.25) is 0 Å². The largest absolute Gasteiger partial charge is 0.493 e. The van der Waals surface area contributed by atoms with Crippen LogP contribution in [-0.4, -0.2) is 64.6 Å². The second-order valence-corrected chi connectivity index (χ2v) is 10.5. The lowest BCUT2D eigenvalue weighted by atomic mass is 9.69. The summed E-state index contributed by atoms with van der Waals surface area (Å²) < 4.78 is 22.0. The molecule has 0 heterocycles. The number of carboxylic acid groups (broad SMARTS) is 1. The highest BCUT2D eigenvalue weighted by molar-refractivity contribution is 5.91. The van der Waals surface area contributed by atoms with Crippen LogP contribution in [0.2, 0.25) is 0 Å². The number of nitrogens with zero attached hydrogens (tertiary/aromatic N) is 2. The Labute approximate surface area is 233 Å². The van der Waals surface area contributed by atoms with Gasteiger partial charge >= 0.3 is 5.97 Å². The van der Waals surface area contributed by atoms with Crippen LogP contribution in [0.3, 0.4) is 0 Å². The normalized spacial score (nSPS) is 12.8. The lowest BCUT2D eigenvalue weighted by Gasteiger charge is -2.32. The van der Waals surface area contributed by atoms with E-state index in [0.29, 0.717) is 42.4 Å². The molecule has 0 saturated heterocycles. The summed E-state index contributed by atoms with van der Waals surface area (Å²) in [5, 5.41) is 20.3. The van der Waals surface area contributed by atoms with Gasteiger partial charge in [-0.2, -0.15) is 5.26 Å². The van der Waals surface area contributed by atoms with Crippen molar-refractivity contribution in [3.8, 4) is 29.1 Å². The van der Waals surface area contributed by atoms with Crippen LogP contribution in [0.4, 0.5) is 0 Å². The highest BCUT2D eigenvalue weighted by Crippen LogP contribution is 2.42. The summed E-state index contributed by atoms with van der Waals surface area (Å²) in [5.74, 6) is 1.40. The number of carboxylic acids is 1. The molecule has 2 aromatic carbocycles. The standard InChI is InChI=1S/C31H44N2O6/c1-20(2)28-23(24(30(34)35)18-27(38-8)29(28)39-9)13-16-33(5)15-10-14-31(19-32,21(3)4)22-11-12-25(36-6)26(17-22)37-7/h11-12,17-18,20-21H,10,13-16H2,1-9H3,(H,34,35). The number of rotatable bonds is 15. The van der Waals surface area contributed by atoms with Crippen molar-refractivity contribution in [2.24, 2.45) is 5.92 Å². The Kier molecular flexibility index (Phi) is 11.5. The molecule has 0 aromatic heterocycles. The van der Waals surface area contributed by atoms with Gasteiger partial charge < -0.3 is 29.0 Å². The molecule has 0 aliphatic rings. The van der Waals surface area contributed by atoms with Crippen LogP contribution in [0.5, 0.6) is 23.0 Å². The summed E-state index contributed by atoms with van der Waals surface area (Å²) in [6.07, 6.45) is 2.02. The molecule has 0 amide bonds. The maximum Gasteiger partial charge on any atom is 0.336 e. The van der Waals surface area contributed by atoms with E-state index in [1.807, 2.05) is 39.1 Å². The molecule has 1 atom stereocenters. The van der Waals surface area contributed by atoms with E-state index in [1.54, 1.807) is 27.4 Å². The Bertz CT molecular complexity index is 1170. The average molecular weight is 541 g/mol. The minimum atomic E-state index is -0.985. The van der Waals surface area contributed by atoms with Crippen LogP contribution in [0, 0.1) is 17.2 Å². The summed E-state index contributed by atoms with van der Waals surface area (Å²) in [7, 11) is 8.31. The van der Waals surface area contributed by atoms with Gasteiger partial charge in [0.1, 0.15) is 0 Å². The van der Waals surface area contributed by atoms with E-state index < -0.39 is 11.4 Å². The first-order valence-corrected chi connectivity index (χ1v) is 13.3. The fourth-order valence-electron chi connectivity index (χ4n) is 5.30. The molecular weight excluding hydrogens is 496 g/mol. The van der Waals surface area contributed by atoms with Crippen LogP contribution in [0.1, 0.15) is 73.5 Å². The van der Waals surface area contributed by atoms with Crippen molar-refractivity contribution in [2.75, 3.05) is 48.6 Å². The first kappa shape index (κ1) is 31.8. The number of hydrogen-bond donors (Lipinski definition) is 1. The third-order valence-electron chi connectivity index (χ3n) is 7.56.